The zero-order valence-corrected chi connectivity index (χ0v) is 10.8. The second-order valence-electron chi connectivity index (χ2n) is 4.22. The largest absolute Gasteiger partial charge is 0.494 e. The molecule has 0 bridgehead atoms. The number of nitriles is 1. The molecule has 0 saturated heterocycles. The minimum absolute atomic E-state index is 0.114. The van der Waals surface area contributed by atoms with Gasteiger partial charge in [0, 0.05) is 20.5 Å². The van der Waals surface area contributed by atoms with Crippen molar-refractivity contribution in [3.05, 3.63) is 29.8 Å². The Hall–Kier alpha value is -2.02. The molecule has 18 heavy (non-hydrogen) atoms. The van der Waals surface area contributed by atoms with Crippen molar-refractivity contribution in [2.75, 3.05) is 20.7 Å². The SMILES string of the molecule is CN(C)C(=O)CCCOc1ccc(CC#N)cc1. The number of ether oxygens (including phenoxy) is 1. The molecule has 0 aliphatic heterocycles. The Morgan fingerprint density at radius 3 is 2.56 bits per heavy atom. The predicted molar refractivity (Wildman–Crippen MR) is 69.2 cm³/mol. The van der Waals surface area contributed by atoms with Crippen molar-refractivity contribution >= 4 is 5.91 Å². The molecule has 0 saturated carbocycles. The molecule has 0 aromatic heterocycles. The van der Waals surface area contributed by atoms with Gasteiger partial charge in [-0.15, -0.1) is 0 Å². The summed E-state index contributed by atoms with van der Waals surface area (Å²) in [5.74, 6) is 0.886. The van der Waals surface area contributed by atoms with Crippen LogP contribution in [-0.4, -0.2) is 31.5 Å². The number of rotatable bonds is 6. The molecule has 0 N–H and O–H groups in total. The topological polar surface area (TPSA) is 53.3 Å². The van der Waals surface area contributed by atoms with Crippen LogP contribution in [0.4, 0.5) is 0 Å². The van der Waals surface area contributed by atoms with E-state index in [9.17, 15) is 4.79 Å². The van der Waals surface area contributed by atoms with Crippen molar-refractivity contribution in [2.45, 2.75) is 19.3 Å². The van der Waals surface area contributed by atoms with Crippen LogP contribution in [0.2, 0.25) is 0 Å². The summed E-state index contributed by atoms with van der Waals surface area (Å²) in [5, 5.41) is 8.54. The third kappa shape index (κ3) is 4.88. The molecule has 1 rings (SSSR count). The van der Waals surface area contributed by atoms with E-state index in [4.69, 9.17) is 10.00 Å². The normalized spacial score (nSPS) is 9.61. The second-order valence-corrected chi connectivity index (χ2v) is 4.22. The van der Waals surface area contributed by atoms with E-state index in [-0.39, 0.29) is 5.91 Å². The van der Waals surface area contributed by atoms with Crippen molar-refractivity contribution in [2.24, 2.45) is 0 Å². The third-order valence-corrected chi connectivity index (χ3v) is 2.51. The van der Waals surface area contributed by atoms with E-state index in [1.54, 1.807) is 19.0 Å². The number of hydrogen-bond donors (Lipinski definition) is 0. The van der Waals surface area contributed by atoms with Gasteiger partial charge in [0.05, 0.1) is 19.1 Å². The van der Waals surface area contributed by atoms with Gasteiger partial charge in [-0.1, -0.05) is 12.1 Å². The van der Waals surface area contributed by atoms with Gasteiger partial charge in [-0.2, -0.15) is 5.26 Å². The molecular weight excluding hydrogens is 228 g/mol. The first-order chi connectivity index (χ1) is 8.63. The van der Waals surface area contributed by atoms with E-state index in [2.05, 4.69) is 6.07 Å². The fraction of sp³-hybridized carbons (Fsp3) is 0.429. The smallest absolute Gasteiger partial charge is 0.222 e. The van der Waals surface area contributed by atoms with Crippen LogP contribution in [0.1, 0.15) is 18.4 Å². The Morgan fingerprint density at radius 2 is 2.00 bits per heavy atom. The highest BCUT2D eigenvalue weighted by molar-refractivity contribution is 5.75. The number of carbonyl (C=O) groups is 1. The maximum absolute atomic E-state index is 11.3. The summed E-state index contributed by atoms with van der Waals surface area (Å²) in [5.41, 5.74) is 0.979. The van der Waals surface area contributed by atoms with Gasteiger partial charge in [0.2, 0.25) is 5.91 Å². The lowest BCUT2D eigenvalue weighted by atomic mass is 10.2. The Labute approximate surface area is 108 Å². The lowest BCUT2D eigenvalue weighted by Gasteiger charge is -2.10. The molecule has 0 fully saturated rings. The van der Waals surface area contributed by atoms with E-state index in [1.807, 2.05) is 24.3 Å². The fourth-order valence-corrected chi connectivity index (χ4v) is 1.43. The Kier molecular flexibility index (Phi) is 5.72. The van der Waals surface area contributed by atoms with Crippen molar-refractivity contribution < 1.29 is 9.53 Å². The zero-order chi connectivity index (χ0) is 13.4. The van der Waals surface area contributed by atoms with E-state index in [0.29, 0.717) is 25.9 Å². The summed E-state index contributed by atoms with van der Waals surface area (Å²) in [4.78, 5) is 12.9. The first-order valence-electron chi connectivity index (χ1n) is 5.92. The first-order valence-corrected chi connectivity index (χ1v) is 5.92. The summed E-state index contributed by atoms with van der Waals surface area (Å²) >= 11 is 0. The van der Waals surface area contributed by atoms with Gasteiger partial charge in [-0.25, -0.2) is 0 Å². The zero-order valence-electron chi connectivity index (χ0n) is 10.8. The van der Waals surface area contributed by atoms with Crippen LogP contribution < -0.4 is 4.74 Å². The Bertz CT molecular complexity index is 418. The molecule has 0 heterocycles. The van der Waals surface area contributed by atoms with Crippen molar-refractivity contribution in [1.82, 2.24) is 4.90 Å². The standard InChI is InChI=1S/C14H18N2O2/c1-16(2)14(17)4-3-11-18-13-7-5-12(6-8-13)9-10-15/h5-8H,3-4,9,11H2,1-2H3. The monoisotopic (exact) mass is 246 g/mol. The van der Waals surface area contributed by atoms with Crippen LogP contribution in [0.3, 0.4) is 0 Å². The molecule has 0 aliphatic rings. The lowest BCUT2D eigenvalue weighted by molar-refractivity contribution is -0.128. The van der Waals surface area contributed by atoms with Crippen LogP contribution in [0.5, 0.6) is 5.75 Å². The highest BCUT2D eigenvalue weighted by atomic mass is 16.5. The minimum Gasteiger partial charge on any atom is -0.494 e. The molecule has 4 nitrogen and oxygen atoms in total. The van der Waals surface area contributed by atoms with Crippen molar-refractivity contribution in [3.63, 3.8) is 0 Å². The molecule has 96 valence electrons. The molecule has 1 amide bonds. The van der Waals surface area contributed by atoms with Crippen LogP contribution in [0, 0.1) is 11.3 Å². The van der Waals surface area contributed by atoms with Crippen LogP contribution >= 0.6 is 0 Å². The maximum atomic E-state index is 11.3. The van der Waals surface area contributed by atoms with Crippen molar-refractivity contribution in [1.29, 1.82) is 5.26 Å². The summed E-state index contributed by atoms with van der Waals surface area (Å²) in [6, 6.07) is 9.55. The quantitative estimate of drug-likeness (QED) is 0.721. The predicted octanol–water partition coefficient (Wildman–Crippen LogP) is 2.00. The molecule has 0 radical (unpaired) electrons. The Balaban J connectivity index is 2.27. The van der Waals surface area contributed by atoms with E-state index in [0.717, 1.165) is 11.3 Å². The molecule has 0 unspecified atom stereocenters. The number of amides is 1. The maximum Gasteiger partial charge on any atom is 0.222 e. The summed E-state index contributed by atoms with van der Waals surface area (Å²) in [6.07, 6.45) is 1.62. The van der Waals surface area contributed by atoms with Crippen LogP contribution in [0.25, 0.3) is 0 Å². The fourth-order valence-electron chi connectivity index (χ4n) is 1.43. The molecular formula is C14H18N2O2. The van der Waals surface area contributed by atoms with E-state index < -0.39 is 0 Å². The van der Waals surface area contributed by atoms with E-state index in [1.165, 1.54) is 0 Å². The second kappa shape index (κ2) is 7.33. The van der Waals surface area contributed by atoms with Gasteiger partial charge in [0.1, 0.15) is 5.75 Å². The lowest BCUT2D eigenvalue weighted by Crippen LogP contribution is -2.21. The molecule has 0 aliphatic carbocycles. The number of carbonyl (C=O) groups excluding carboxylic acids is 1. The van der Waals surface area contributed by atoms with Gasteiger partial charge in [0.25, 0.3) is 0 Å². The number of nitrogens with zero attached hydrogens (tertiary/aromatic N) is 2. The van der Waals surface area contributed by atoms with Gasteiger partial charge in [0.15, 0.2) is 0 Å². The first kappa shape index (κ1) is 14.0. The van der Waals surface area contributed by atoms with Gasteiger partial charge < -0.3 is 9.64 Å². The molecule has 0 spiro atoms. The van der Waals surface area contributed by atoms with Gasteiger partial charge in [-0.3, -0.25) is 4.79 Å². The van der Waals surface area contributed by atoms with Crippen molar-refractivity contribution in [3.8, 4) is 11.8 Å². The highest BCUT2D eigenvalue weighted by Gasteiger charge is 2.03. The molecule has 0 atom stereocenters. The van der Waals surface area contributed by atoms with Gasteiger partial charge in [-0.05, 0) is 24.1 Å². The average Bonchev–Trinajstić information content (AvgIpc) is 2.36. The van der Waals surface area contributed by atoms with E-state index >= 15 is 0 Å². The third-order valence-electron chi connectivity index (χ3n) is 2.51. The van der Waals surface area contributed by atoms with Gasteiger partial charge >= 0.3 is 0 Å². The van der Waals surface area contributed by atoms with Crippen LogP contribution in [0.15, 0.2) is 24.3 Å². The molecule has 4 heteroatoms. The number of hydrogen-bond acceptors (Lipinski definition) is 3. The summed E-state index contributed by atoms with van der Waals surface area (Å²) < 4.78 is 5.52. The van der Waals surface area contributed by atoms with Crippen LogP contribution in [-0.2, 0) is 11.2 Å². The molecule has 1 aromatic carbocycles. The summed E-state index contributed by atoms with van der Waals surface area (Å²) in [7, 11) is 3.49. The number of benzene rings is 1. The summed E-state index contributed by atoms with van der Waals surface area (Å²) in [6.45, 7) is 0.525. The average molecular weight is 246 g/mol. The highest BCUT2D eigenvalue weighted by Crippen LogP contribution is 2.12. The Morgan fingerprint density at radius 1 is 1.33 bits per heavy atom. The molecule has 1 aromatic rings. The minimum atomic E-state index is 0.114.